The van der Waals surface area contributed by atoms with Gasteiger partial charge in [-0.3, -0.25) is 0 Å². The Kier molecular flexibility index (Phi) is 5.79. The fourth-order valence-corrected chi connectivity index (χ4v) is 1.61. The van der Waals surface area contributed by atoms with E-state index in [0.29, 0.717) is 4.77 Å². The number of rotatable bonds is 1. The van der Waals surface area contributed by atoms with E-state index in [0.717, 1.165) is 16.5 Å². The second-order valence-electron chi connectivity index (χ2n) is 3.24. The van der Waals surface area contributed by atoms with Crippen LogP contribution in [0.5, 0.6) is 0 Å². The Morgan fingerprint density at radius 3 is 2.29 bits per heavy atom. The first-order valence-electron chi connectivity index (χ1n) is 4.97. The minimum atomic E-state index is 0.546. The molecule has 0 radical (unpaired) electrons. The van der Waals surface area contributed by atoms with E-state index in [2.05, 4.69) is 19.9 Å². The van der Waals surface area contributed by atoms with Gasteiger partial charge in [0.05, 0.1) is 0 Å². The largest absolute Gasteiger partial charge is 0.335 e. The molecule has 4 nitrogen and oxygen atoms in total. The van der Waals surface area contributed by atoms with Crippen molar-refractivity contribution in [1.82, 2.24) is 19.9 Å². The van der Waals surface area contributed by atoms with Gasteiger partial charge in [-0.25, -0.2) is 15.0 Å². The van der Waals surface area contributed by atoms with Gasteiger partial charge >= 0.3 is 0 Å². The summed E-state index contributed by atoms with van der Waals surface area (Å²) < 4.78 is 0.546. The molecule has 0 aromatic carbocycles. The van der Waals surface area contributed by atoms with Crippen LogP contribution in [0.1, 0.15) is 11.4 Å². The minimum Gasteiger partial charge on any atom is -0.335 e. The molecule has 90 valence electrons. The molecule has 0 atom stereocenters. The molecule has 0 saturated heterocycles. The zero-order valence-electron chi connectivity index (χ0n) is 9.97. The molecule has 0 aliphatic carbocycles. The van der Waals surface area contributed by atoms with Gasteiger partial charge in [-0.1, -0.05) is 11.8 Å². The van der Waals surface area contributed by atoms with Crippen molar-refractivity contribution in [2.75, 3.05) is 6.26 Å². The normalized spacial score (nSPS) is 9.35. The van der Waals surface area contributed by atoms with E-state index in [4.69, 9.17) is 12.2 Å². The topological polar surface area (TPSA) is 54.5 Å². The first kappa shape index (κ1) is 13.8. The third-order valence-electron chi connectivity index (χ3n) is 1.78. The summed E-state index contributed by atoms with van der Waals surface area (Å²) in [6.07, 6.45) is 5.43. The number of nitrogens with zero attached hydrogens (tertiary/aromatic N) is 3. The lowest BCUT2D eigenvalue weighted by Gasteiger charge is -1.92. The standard InChI is InChI=1S/C6H8N2S.C5H6N2S/c1-5-3-4-7-6(8-5)9-2;1-4-2-3-6-5(8)7-4/h3-4H,1-2H3;2-3H,1H3,(H,6,7,8). The zero-order chi connectivity index (χ0) is 12.7. The lowest BCUT2D eigenvalue weighted by molar-refractivity contribution is 0.935. The van der Waals surface area contributed by atoms with E-state index in [-0.39, 0.29) is 0 Å². The maximum Gasteiger partial charge on any atom is 0.196 e. The van der Waals surface area contributed by atoms with E-state index in [1.54, 1.807) is 24.2 Å². The van der Waals surface area contributed by atoms with Crippen LogP contribution < -0.4 is 0 Å². The Morgan fingerprint density at radius 2 is 1.88 bits per heavy atom. The molecule has 2 heterocycles. The number of aryl methyl sites for hydroxylation is 2. The third kappa shape index (κ3) is 5.55. The molecular weight excluding hydrogens is 252 g/mol. The number of nitrogens with one attached hydrogen (secondary N) is 1. The van der Waals surface area contributed by atoms with Gasteiger partial charge in [0.2, 0.25) is 0 Å². The molecule has 1 N–H and O–H groups in total. The van der Waals surface area contributed by atoms with Crippen LogP contribution in [0.25, 0.3) is 0 Å². The molecule has 17 heavy (non-hydrogen) atoms. The van der Waals surface area contributed by atoms with Crippen molar-refractivity contribution in [1.29, 1.82) is 0 Å². The average Bonchev–Trinajstić information content (AvgIpc) is 2.29. The molecule has 0 amide bonds. The van der Waals surface area contributed by atoms with Crippen LogP contribution in [-0.2, 0) is 0 Å². The highest BCUT2D eigenvalue weighted by molar-refractivity contribution is 7.98. The molecular formula is C11H14N4S2. The minimum absolute atomic E-state index is 0.546. The molecule has 2 aromatic heterocycles. The van der Waals surface area contributed by atoms with Gasteiger partial charge in [0.25, 0.3) is 0 Å². The highest BCUT2D eigenvalue weighted by atomic mass is 32.2. The van der Waals surface area contributed by atoms with Crippen LogP contribution >= 0.6 is 24.0 Å². The van der Waals surface area contributed by atoms with Crippen LogP contribution in [0, 0.1) is 18.6 Å². The average molecular weight is 266 g/mol. The third-order valence-corrected chi connectivity index (χ3v) is 2.55. The summed E-state index contributed by atoms with van der Waals surface area (Å²) in [5, 5.41) is 0.843. The van der Waals surface area contributed by atoms with Crippen molar-refractivity contribution >= 4 is 24.0 Å². The highest BCUT2D eigenvalue weighted by Gasteiger charge is 1.89. The Bertz CT molecular complexity index is 525. The predicted octanol–water partition coefficient (Wildman–Crippen LogP) is 2.95. The SMILES string of the molecule is CSc1nccc(C)n1.Cc1ccnc(=S)[nH]1. The van der Waals surface area contributed by atoms with Gasteiger partial charge in [0.15, 0.2) is 9.93 Å². The van der Waals surface area contributed by atoms with Crippen molar-refractivity contribution in [3.05, 3.63) is 40.7 Å². The van der Waals surface area contributed by atoms with Crippen LogP contribution in [-0.4, -0.2) is 26.2 Å². The molecule has 0 spiro atoms. The van der Waals surface area contributed by atoms with Crippen molar-refractivity contribution in [2.45, 2.75) is 19.0 Å². The summed E-state index contributed by atoms with van der Waals surface area (Å²) in [6.45, 7) is 3.90. The van der Waals surface area contributed by atoms with Crippen LogP contribution in [0.3, 0.4) is 0 Å². The maximum absolute atomic E-state index is 4.73. The first-order valence-corrected chi connectivity index (χ1v) is 6.60. The maximum atomic E-state index is 4.73. The van der Waals surface area contributed by atoms with Crippen molar-refractivity contribution in [3.63, 3.8) is 0 Å². The summed E-state index contributed by atoms with van der Waals surface area (Å²) in [7, 11) is 0. The number of aromatic amines is 1. The van der Waals surface area contributed by atoms with E-state index >= 15 is 0 Å². The van der Waals surface area contributed by atoms with E-state index in [1.807, 2.05) is 32.2 Å². The molecule has 0 aliphatic rings. The summed E-state index contributed by atoms with van der Waals surface area (Å²) in [6, 6.07) is 3.76. The van der Waals surface area contributed by atoms with Crippen molar-refractivity contribution < 1.29 is 0 Å². The van der Waals surface area contributed by atoms with Crippen LogP contribution in [0.2, 0.25) is 0 Å². The van der Waals surface area contributed by atoms with Crippen molar-refractivity contribution in [3.8, 4) is 0 Å². The quantitative estimate of drug-likeness (QED) is 0.488. The molecule has 2 rings (SSSR count). The fourth-order valence-electron chi connectivity index (χ4n) is 0.984. The lowest BCUT2D eigenvalue weighted by Crippen LogP contribution is -1.85. The fraction of sp³-hybridized carbons (Fsp3) is 0.273. The van der Waals surface area contributed by atoms with E-state index in [9.17, 15) is 0 Å². The second kappa shape index (κ2) is 7.13. The van der Waals surface area contributed by atoms with Gasteiger partial charge in [-0.15, -0.1) is 0 Å². The summed E-state index contributed by atoms with van der Waals surface area (Å²) in [5.41, 5.74) is 2.07. The molecule has 0 bridgehead atoms. The van der Waals surface area contributed by atoms with Gasteiger partial charge in [-0.05, 0) is 44.5 Å². The number of aromatic nitrogens is 4. The zero-order valence-corrected chi connectivity index (χ0v) is 11.6. The molecule has 0 fully saturated rings. The number of hydrogen-bond acceptors (Lipinski definition) is 5. The summed E-state index contributed by atoms with van der Waals surface area (Å²) in [5.74, 6) is 0. The summed E-state index contributed by atoms with van der Waals surface area (Å²) in [4.78, 5) is 14.8. The molecule has 6 heteroatoms. The Balaban J connectivity index is 0.000000171. The summed E-state index contributed by atoms with van der Waals surface area (Å²) >= 11 is 6.29. The van der Waals surface area contributed by atoms with Crippen molar-refractivity contribution in [2.24, 2.45) is 0 Å². The lowest BCUT2D eigenvalue weighted by atomic mass is 10.5. The Hall–Kier alpha value is -1.27. The highest BCUT2D eigenvalue weighted by Crippen LogP contribution is 2.05. The molecule has 0 saturated carbocycles. The van der Waals surface area contributed by atoms with Crippen LogP contribution in [0.15, 0.2) is 29.7 Å². The van der Waals surface area contributed by atoms with Gasteiger partial charge < -0.3 is 4.98 Å². The molecule has 0 aliphatic heterocycles. The van der Waals surface area contributed by atoms with Gasteiger partial charge in [0, 0.05) is 23.8 Å². The predicted molar refractivity (Wildman–Crippen MR) is 72.7 cm³/mol. The first-order chi connectivity index (χ1) is 8.11. The molecule has 0 unspecified atom stereocenters. The smallest absolute Gasteiger partial charge is 0.196 e. The van der Waals surface area contributed by atoms with E-state index < -0.39 is 0 Å². The monoisotopic (exact) mass is 266 g/mol. The second-order valence-corrected chi connectivity index (χ2v) is 4.40. The molecule has 2 aromatic rings. The number of hydrogen-bond donors (Lipinski definition) is 1. The Labute approximate surface area is 110 Å². The van der Waals surface area contributed by atoms with Crippen LogP contribution in [0.4, 0.5) is 0 Å². The van der Waals surface area contributed by atoms with Gasteiger partial charge in [-0.2, -0.15) is 0 Å². The Morgan fingerprint density at radius 1 is 1.18 bits per heavy atom. The number of H-pyrrole nitrogens is 1. The van der Waals surface area contributed by atoms with E-state index in [1.165, 1.54) is 0 Å². The number of thioether (sulfide) groups is 1. The van der Waals surface area contributed by atoms with Gasteiger partial charge in [0.1, 0.15) is 0 Å².